The Bertz CT molecular complexity index is 1330. The molecule has 3 amide bonds. The second-order valence-electron chi connectivity index (χ2n) is 9.95. The summed E-state index contributed by atoms with van der Waals surface area (Å²) >= 11 is 0. The van der Waals surface area contributed by atoms with E-state index in [4.69, 9.17) is 9.15 Å². The fraction of sp³-hybridized carbons (Fsp3) is 0.440. The van der Waals surface area contributed by atoms with Gasteiger partial charge in [0, 0.05) is 69.2 Å². The number of aryl methyl sites for hydroxylation is 1. The Balaban J connectivity index is 1.29. The van der Waals surface area contributed by atoms with E-state index in [1.807, 2.05) is 26.8 Å². The van der Waals surface area contributed by atoms with Gasteiger partial charge in [-0.2, -0.15) is 0 Å². The van der Waals surface area contributed by atoms with Crippen LogP contribution >= 0.6 is 0 Å². The van der Waals surface area contributed by atoms with Gasteiger partial charge in [-0.25, -0.2) is 23.9 Å². The number of pyridine rings is 1. The van der Waals surface area contributed by atoms with Gasteiger partial charge in [0.15, 0.2) is 11.5 Å². The first kappa shape index (κ1) is 23.8. The van der Waals surface area contributed by atoms with Crippen molar-refractivity contribution in [1.29, 1.82) is 0 Å². The van der Waals surface area contributed by atoms with Crippen molar-refractivity contribution in [2.45, 2.75) is 39.7 Å². The average molecular weight is 497 g/mol. The number of halogens is 1. The molecule has 0 atom stereocenters. The van der Waals surface area contributed by atoms with Gasteiger partial charge in [-0.15, -0.1) is 0 Å². The summed E-state index contributed by atoms with van der Waals surface area (Å²) in [6.07, 6.45) is 1.99. The summed E-state index contributed by atoms with van der Waals surface area (Å²) in [6.45, 7) is 10.0. The molecular weight excluding hydrogens is 467 g/mol. The summed E-state index contributed by atoms with van der Waals surface area (Å²) in [5, 5.41) is 2.64. The highest BCUT2D eigenvalue weighted by molar-refractivity contribution is 6.03. The number of benzene rings is 1. The fourth-order valence-corrected chi connectivity index (χ4v) is 4.57. The van der Waals surface area contributed by atoms with E-state index in [9.17, 15) is 14.0 Å². The maximum absolute atomic E-state index is 14.6. The molecule has 0 aliphatic carbocycles. The Kier molecular flexibility index (Phi) is 5.93. The molecule has 36 heavy (non-hydrogen) atoms. The summed E-state index contributed by atoms with van der Waals surface area (Å²) in [6, 6.07) is 4.14. The lowest BCUT2D eigenvalue weighted by Gasteiger charge is -2.37. The minimum absolute atomic E-state index is 0.0199. The molecule has 0 unspecified atom stereocenters. The first-order valence-corrected chi connectivity index (χ1v) is 11.9. The number of nitrogens with zero attached hydrogens (tertiary/aromatic N) is 5. The van der Waals surface area contributed by atoms with Crippen LogP contribution in [0.5, 0.6) is 0 Å². The molecule has 10 nitrogen and oxygen atoms in total. The summed E-state index contributed by atoms with van der Waals surface area (Å²) < 4.78 is 25.5. The van der Waals surface area contributed by atoms with Crippen LogP contribution in [-0.2, 0) is 11.2 Å². The lowest BCUT2D eigenvalue weighted by Crippen LogP contribution is -2.50. The van der Waals surface area contributed by atoms with Crippen LogP contribution in [0.1, 0.15) is 32.2 Å². The molecule has 3 aromatic rings. The summed E-state index contributed by atoms with van der Waals surface area (Å²) in [5.74, 6) is 0.384. The number of rotatable bonds is 2. The molecule has 0 bridgehead atoms. The fourth-order valence-electron chi connectivity index (χ4n) is 4.57. The van der Waals surface area contributed by atoms with Crippen molar-refractivity contribution >= 4 is 40.4 Å². The van der Waals surface area contributed by atoms with E-state index < -0.39 is 17.4 Å². The van der Waals surface area contributed by atoms with Crippen LogP contribution in [-0.4, -0.2) is 65.3 Å². The molecule has 0 spiro atoms. The average Bonchev–Trinajstić information content (AvgIpc) is 3.40. The molecule has 1 fully saturated rings. The van der Waals surface area contributed by atoms with Gasteiger partial charge in [0.2, 0.25) is 0 Å². The number of anilines is 3. The van der Waals surface area contributed by atoms with Crippen molar-refractivity contribution in [3.05, 3.63) is 41.7 Å². The standard InChI is InChI=1S/C25H29FN6O4/c1-15-28-19-13-17(26)18(14-21(19)35-15)29-23(33)32-8-6-16-20(5-7-27-22(16)32)30-9-11-31(12-10-30)24(34)36-25(2,3)4/h5,7,13-14H,6,8-12H2,1-4H3,(H,29,33). The zero-order chi connectivity index (χ0) is 25.6. The van der Waals surface area contributed by atoms with Crippen molar-refractivity contribution in [2.75, 3.05) is 47.8 Å². The number of nitrogens with one attached hydrogen (secondary N) is 1. The van der Waals surface area contributed by atoms with Crippen molar-refractivity contribution in [3.63, 3.8) is 0 Å². The molecule has 4 heterocycles. The van der Waals surface area contributed by atoms with E-state index >= 15 is 0 Å². The van der Waals surface area contributed by atoms with E-state index in [0.717, 1.165) is 11.3 Å². The lowest BCUT2D eigenvalue weighted by atomic mass is 10.1. The Hall–Kier alpha value is -3.89. The van der Waals surface area contributed by atoms with Gasteiger partial charge >= 0.3 is 12.1 Å². The van der Waals surface area contributed by atoms with Gasteiger partial charge < -0.3 is 24.3 Å². The van der Waals surface area contributed by atoms with E-state index in [1.54, 1.807) is 18.0 Å². The predicted octanol–water partition coefficient (Wildman–Crippen LogP) is 4.32. The first-order valence-electron chi connectivity index (χ1n) is 11.9. The smallest absolute Gasteiger partial charge is 0.410 e. The summed E-state index contributed by atoms with van der Waals surface area (Å²) in [5.41, 5.74) is 2.23. The molecule has 11 heteroatoms. The van der Waals surface area contributed by atoms with Gasteiger partial charge in [0.1, 0.15) is 22.8 Å². The van der Waals surface area contributed by atoms with Crippen LogP contribution in [0.4, 0.5) is 31.2 Å². The van der Waals surface area contributed by atoms with Gasteiger partial charge in [0.05, 0.1) is 5.69 Å². The molecular formula is C25H29FN6O4. The second kappa shape index (κ2) is 8.96. The highest BCUT2D eigenvalue weighted by atomic mass is 19.1. The van der Waals surface area contributed by atoms with Crippen LogP contribution in [0.25, 0.3) is 11.1 Å². The van der Waals surface area contributed by atoms with Crippen LogP contribution < -0.4 is 15.1 Å². The number of aromatic nitrogens is 2. The first-order chi connectivity index (χ1) is 17.1. The number of ether oxygens (including phenoxy) is 1. The Morgan fingerprint density at radius 1 is 1.14 bits per heavy atom. The monoisotopic (exact) mass is 496 g/mol. The topological polar surface area (TPSA) is 104 Å². The minimum atomic E-state index is -0.590. The van der Waals surface area contributed by atoms with Gasteiger partial charge in [-0.1, -0.05) is 0 Å². The minimum Gasteiger partial charge on any atom is -0.444 e. The highest BCUT2D eigenvalue weighted by Gasteiger charge is 2.32. The van der Waals surface area contributed by atoms with E-state index in [-0.39, 0.29) is 11.8 Å². The predicted molar refractivity (Wildman–Crippen MR) is 133 cm³/mol. The molecule has 1 saturated heterocycles. The van der Waals surface area contributed by atoms with Crippen LogP contribution in [0, 0.1) is 12.7 Å². The summed E-state index contributed by atoms with van der Waals surface area (Å²) in [7, 11) is 0. The largest absolute Gasteiger partial charge is 0.444 e. The number of fused-ring (bicyclic) bond motifs is 2. The maximum Gasteiger partial charge on any atom is 0.410 e. The number of amides is 3. The van der Waals surface area contributed by atoms with Crippen molar-refractivity contribution in [3.8, 4) is 0 Å². The number of urea groups is 1. The third-order valence-corrected chi connectivity index (χ3v) is 6.19. The Morgan fingerprint density at radius 2 is 1.89 bits per heavy atom. The summed E-state index contributed by atoms with van der Waals surface area (Å²) in [4.78, 5) is 39.5. The van der Waals surface area contributed by atoms with E-state index in [0.29, 0.717) is 62.0 Å². The third-order valence-electron chi connectivity index (χ3n) is 6.19. The third kappa shape index (κ3) is 4.65. The number of carbonyl (C=O) groups excluding carboxylic acids is 2. The molecule has 2 aliphatic rings. The quantitative estimate of drug-likeness (QED) is 0.563. The lowest BCUT2D eigenvalue weighted by molar-refractivity contribution is 0.0240. The number of oxazole rings is 1. The zero-order valence-electron chi connectivity index (χ0n) is 20.8. The number of piperazine rings is 1. The molecule has 1 aromatic carbocycles. The molecule has 0 saturated carbocycles. The zero-order valence-corrected chi connectivity index (χ0v) is 20.8. The van der Waals surface area contributed by atoms with Crippen molar-refractivity contribution in [1.82, 2.24) is 14.9 Å². The number of hydrogen-bond acceptors (Lipinski definition) is 7. The molecule has 2 aliphatic heterocycles. The molecule has 2 aromatic heterocycles. The van der Waals surface area contributed by atoms with Crippen LogP contribution in [0.3, 0.4) is 0 Å². The molecule has 190 valence electrons. The normalized spacial score (nSPS) is 15.9. The van der Waals surface area contributed by atoms with E-state index in [2.05, 4.69) is 20.2 Å². The Morgan fingerprint density at radius 3 is 2.61 bits per heavy atom. The maximum atomic E-state index is 14.6. The van der Waals surface area contributed by atoms with Crippen molar-refractivity contribution < 1.29 is 23.1 Å². The van der Waals surface area contributed by atoms with Gasteiger partial charge in [-0.3, -0.25) is 4.90 Å². The molecule has 5 rings (SSSR count). The van der Waals surface area contributed by atoms with Crippen molar-refractivity contribution in [2.24, 2.45) is 0 Å². The molecule has 0 radical (unpaired) electrons. The SMILES string of the molecule is Cc1nc2cc(F)c(NC(=O)N3CCc4c(N5CCN(C(=O)OC(C)(C)C)CC5)ccnc43)cc2o1. The molecule has 1 N–H and O–H groups in total. The van der Waals surface area contributed by atoms with Crippen LogP contribution in [0.15, 0.2) is 28.8 Å². The number of hydrogen-bond donors (Lipinski definition) is 1. The van der Waals surface area contributed by atoms with Gasteiger partial charge in [0.25, 0.3) is 0 Å². The highest BCUT2D eigenvalue weighted by Crippen LogP contribution is 2.35. The van der Waals surface area contributed by atoms with Gasteiger partial charge in [-0.05, 0) is 33.3 Å². The Labute approximate surface area is 208 Å². The van der Waals surface area contributed by atoms with Crippen LogP contribution in [0.2, 0.25) is 0 Å². The van der Waals surface area contributed by atoms with E-state index in [1.165, 1.54) is 17.0 Å². The second-order valence-corrected chi connectivity index (χ2v) is 9.95. The number of carbonyl (C=O) groups is 2.